The minimum absolute atomic E-state index is 0.0549. The molecule has 2 saturated heterocycles. The van der Waals surface area contributed by atoms with Crippen LogP contribution in [0.5, 0.6) is 0 Å². The Balaban J connectivity index is 1.55. The van der Waals surface area contributed by atoms with E-state index in [9.17, 15) is 13.5 Å². The number of rotatable bonds is 11. The molecule has 0 aromatic heterocycles. The third kappa shape index (κ3) is 8.85. The van der Waals surface area contributed by atoms with Gasteiger partial charge in [-0.1, -0.05) is 48.0 Å². The number of sulfonamides is 1. The average Bonchev–Trinajstić information content (AvgIpc) is 2.85. The van der Waals surface area contributed by atoms with Crippen LogP contribution in [0, 0.1) is 6.92 Å². The maximum Gasteiger partial charge on any atom is 0.240 e. The Hall–Kier alpha value is -0.290. The lowest BCUT2D eigenvalue weighted by Gasteiger charge is -2.42. The largest absolute Gasteiger partial charge is 0.393 e. The number of hydrogen-bond acceptors (Lipinski definition) is 7. The SMILES string of the molecule is Cc1ccc(S(=O)(=O)N[C@@H](Cc2ccccc2)CC2(C[C@H](O)CC3(C)SCCCS3)SCCCS2)cc1. The quantitative estimate of drug-likeness (QED) is 0.304. The second-order valence-corrected chi connectivity index (χ2v) is 18.6. The molecule has 2 aromatic rings. The first-order valence-corrected chi connectivity index (χ1v) is 18.5. The highest BCUT2D eigenvalue weighted by Crippen LogP contribution is 2.51. The van der Waals surface area contributed by atoms with Crippen molar-refractivity contribution in [2.24, 2.45) is 0 Å². The third-order valence-electron chi connectivity index (χ3n) is 6.81. The molecule has 2 heterocycles. The summed E-state index contributed by atoms with van der Waals surface area (Å²) >= 11 is 7.78. The first kappa shape index (κ1) is 29.7. The first-order valence-electron chi connectivity index (χ1n) is 13.0. The molecule has 0 radical (unpaired) electrons. The number of nitrogens with one attached hydrogen (secondary N) is 1. The molecule has 2 fully saturated rings. The van der Waals surface area contributed by atoms with Crippen molar-refractivity contribution in [3.63, 3.8) is 0 Å². The maximum atomic E-state index is 13.4. The molecule has 0 unspecified atom stereocenters. The van der Waals surface area contributed by atoms with Crippen LogP contribution in [0.15, 0.2) is 59.5 Å². The molecule has 0 amide bonds. The highest BCUT2D eigenvalue weighted by molar-refractivity contribution is 8.19. The van der Waals surface area contributed by atoms with Crippen molar-refractivity contribution in [1.82, 2.24) is 4.72 Å². The van der Waals surface area contributed by atoms with Crippen LogP contribution in [-0.2, 0) is 16.4 Å². The van der Waals surface area contributed by atoms with Gasteiger partial charge in [-0.15, -0.1) is 47.0 Å². The van der Waals surface area contributed by atoms with Gasteiger partial charge in [0.1, 0.15) is 0 Å². The summed E-state index contributed by atoms with van der Waals surface area (Å²) in [6.45, 7) is 4.23. The molecule has 0 spiro atoms. The Morgan fingerprint density at radius 1 is 0.865 bits per heavy atom. The van der Waals surface area contributed by atoms with E-state index in [-0.39, 0.29) is 14.2 Å². The Bertz CT molecular complexity index is 1080. The minimum Gasteiger partial charge on any atom is -0.393 e. The molecule has 4 rings (SSSR count). The Morgan fingerprint density at radius 2 is 1.46 bits per heavy atom. The molecule has 204 valence electrons. The molecule has 2 aliphatic rings. The lowest BCUT2D eigenvalue weighted by Crippen LogP contribution is -2.43. The van der Waals surface area contributed by atoms with E-state index in [1.54, 1.807) is 12.1 Å². The molecular formula is C28H39NO3S5. The van der Waals surface area contributed by atoms with Gasteiger partial charge in [0, 0.05) is 6.04 Å². The van der Waals surface area contributed by atoms with E-state index in [4.69, 9.17) is 0 Å². The van der Waals surface area contributed by atoms with Gasteiger partial charge in [-0.05, 0) is 93.1 Å². The first-order chi connectivity index (χ1) is 17.7. The molecule has 0 saturated carbocycles. The van der Waals surface area contributed by atoms with Crippen molar-refractivity contribution in [3.8, 4) is 0 Å². The van der Waals surface area contributed by atoms with Gasteiger partial charge < -0.3 is 5.11 Å². The van der Waals surface area contributed by atoms with E-state index >= 15 is 0 Å². The Labute approximate surface area is 240 Å². The summed E-state index contributed by atoms with van der Waals surface area (Å²) in [5, 5.41) is 11.3. The molecule has 9 heteroatoms. The Morgan fingerprint density at radius 3 is 2.08 bits per heavy atom. The zero-order chi connectivity index (χ0) is 26.4. The van der Waals surface area contributed by atoms with Crippen LogP contribution < -0.4 is 4.72 Å². The summed E-state index contributed by atoms with van der Waals surface area (Å²) in [4.78, 5) is 0.300. The zero-order valence-corrected chi connectivity index (χ0v) is 25.8. The van der Waals surface area contributed by atoms with E-state index < -0.39 is 16.1 Å². The standard InChI is InChI=1S/C28H39NO3S5/c1-22-10-12-26(13-11-22)37(31,32)29-24(18-23-8-4-3-5-9-23)19-28(35-16-7-17-36-28)21-25(30)20-27(2)33-14-6-15-34-27/h3-5,8-13,24-25,29-30H,6-7,14-21H2,1-2H3/t24-,25+/m0/s1. The molecule has 2 N–H and O–H groups in total. The van der Waals surface area contributed by atoms with Gasteiger partial charge in [0.05, 0.1) is 19.2 Å². The summed E-state index contributed by atoms with van der Waals surface area (Å²) in [6, 6.07) is 16.9. The minimum atomic E-state index is -3.67. The van der Waals surface area contributed by atoms with Gasteiger partial charge >= 0.3 is 0 Å². The van der Waals surface area contributed by atoms with Crippen LogP contribution in [0.25, 0.3) is 0 Å². The monoisotopic (exact) mass is 597 g/mol. The second kappa shape index (κ2) is 13.4. The second-order valence-electron chi connectivity index (χ2n) is 10.2. The molecule has 0 aliphatic carbocycles. The molecule has 2 aliphatic heterocycles. The van der Waals surface area contributed by atoms with Crippen LogP contribution in [0.4, 0.5) is 0 Å². The van der Waals surface area contributed by atoms with Crippen molar-refractivity contribution in [3.05, 3.63) is 65.7 Å². The van der Waals surface area contributed by atoms with Crippen molar-refractivity contribution < 1.29 is 13.5 Å². The molecule has 2 aromatic carbocycles. The lowest BCUT2D eigenvalue weighted by molar-refractivity contribution is 0.146. The molecular weight excluding hydrogens is 559 g/mol. The summed E-state index contributed by atoms with van der Waals surface area (Å²) < 4.78 is 29.8. The van der Waals surface area contributed by atoms with Gasteiger partial charge in [0.2, 0.25) is 10.0 Å². The lowest BCUT2D eigenvalue weighted by atomic mass is 9.98. The highest BCUT2D eigenvalue weighted by atomic mass is 32.2. The van der Waals surface area contributed by atoms with Crippen LogP contribution in [-0.4, -0.2) is 56.8 Å². The number of aliphatic hydroxyl groups is 1. The maximum absolute atomic E-state index is 13.4. The number of benzene rings is 2. The van der Waals surface area contributed by atoms with Crippen LogP contribution in [0.1, 0.15) is 50.2 Å². The smallest absolute Gasteiger partial charge is 0.240 e. The number of aryl methyl sites for hydroxylation is 1. The van der Waals surface area contributed by atoms with Crippen molar-refractivity contribution in [2.45, 2.75) is 77.6 Å². The molecule has 4 nitrogen and oxygen atoms in total. The zero-order valence-electron chi connectivity index (χ0n) is 21.7. The van der Waals surface area contributed by atoms with Gasteiger partial charge in [0.25, 0.3) is 0 Å². The highest BCUT2D eigenvalue weighted by Gasteiger charge is 2.41. The molecule has 37 heavy (non-hydrogen) atoms. The Kier molecular flexibility index (Phi) is 10.7. The summed E-state index contributed by atoms with van der Waals surface area (Å²) in [7, 11) is -3.67. The predicted octanol–water partition coefficient (Wildman–Crippen LogP) is 6.57. The average molecular weight is 598 g/mol. The number of aliphatic hydroxyl groups excluding tert-OH is 1. The summed E-state index contributed by atoms with van der Waals surface area (Å²) in [5.41, 5.74) is 2.15. The predicted molar refractivity (Wildman–Crippen MR) is 165 cm³/mol. The van der Waals surface area contributed by atoms with Gasteiger partial charge in [-0.2, -0.15) is 0 Å². The van der Waals surface area contributed by atoms with Crippen LogP contribution >= 0.6 is 47.0 Å². The van der Waals surface area contributed by atoms with Crippen LogP contribution in [0.2, 0.25) is 0 Å². The fraction of sp³-hybridized carbons (Fsp3) is 0.571. The van der Waals surface area contributed by atoms with E-state index in [1.807, 2.05) is 84.3 Å². The summed E-state index contributed by atoms with van der Waals surface area (Å²) in [6.07, 6.45) is 4.71. The number of thioether (sulfide) groups is 4. The van der Waals surface area contributed by atoms with E-state index in [0.717, 1.165) is 47.0 Å². The van der Waals surface area contributed by atoms with Gasteiger partial charge in [-0.3, -0.25) is 0 Å². The molecule has 2 atom stereocenters. The normalized spacial score (nSPS) is 21.3. The summed E-state index contributed by atoms with van der Waals surface area (Å²) in [5.74, 6) is 4.40. The van der Waals surface area contributed by atoms with Gasteiger partial charge in [-0.25, -0.2) is 13.1 Å². The van der Waals surface area contributed by atoms with Crippen molar-refractivity contribution >= 4 is 57.1 Å². The van der Waals surface area contributed by atoms with E-state index in [0.29, 0.717) is 24.2 Å². The third-order valence-corrected chi connectivity index (χ3v) is 15.0. The van der Waals surface area contributed by atoms with Gasteiger partial charge in [0.15, 0.2) is 0 Å². The number of hydrogen-bond donors (Lipinski definition) is 2. The fourth-order valence-corrected chi connectivity index (χ4v) is 12.9. The van der Waals surface area contributed by atoms with Crippen LogP contribution in [0.3, 0.4) is 0 Å². The topological polar surface area (TPSA) is 66.4 Å². The van der Waals surface area contributed by atoms with E-state index in [2.05, 4.69) is 23.8 Å². The van der Waals surface area contributed by atoms with E-state index in [1.165, 1.54) is 6.42 Å². The molecule has 0 bridgehead atoms. The van der Waals surface area contributed by atoms with Crippen molar-refractivity contribution in [1.29, 1.82) is 0 Å². The van der Waals surface area contributed by atoms with Crippen molar-refractivity contribution in [2.75, 3.05) is 23.0 Å². The fourth-order valence-electron chi connectivity index (χ4n) is 5.02.